The normalized spacial score (nSPS) is 19.5. The van der Waals surface area contributed by atoms with Crippen LogP contribution in [0.15, 0.2) is 0 Å². The van der Waals surface area contributed by atoms with Crippen molar-refractivity contribution >= 4 is 31.0 Å². The van der Waals surface area contributed by atoms with Crippen molar-refractivity contribution in [2.24, 2.45) is 10.8 Å². The lowest BCUT2D eigenvalue weighted by atomic mass is 9.85. The van der Waals surface area contributed by atoms with Gasteiger partial charge in [0, 0.05) is 32.2 Å². The first-order valence-corrected chi connectivity index (χ1v) is 11.1. The van der Waals surface area contributed by atoms with Crippen LogP contribution in [0.5, 0.6) is 0 Å². The van der Waals surface area contributed by atoms with Gasteiger partial charge in [-0.3, -0.25) is 9.10 Å². The van der Waals surface area contributed by atoms with Crippen LogP contribution in [0.2, 0.25) is 0 Å². The van der Waals surface area contributed by atoms with Crippen molar-refractivity contribution < 1.29 is 14.4 Å². The first-order chi connectivity index (χ1) is 13.8. The van der Waals surface area contributed by atoms with Gasteiger partial charge >= 0.3 is 6.03 Å². The summed E-state index contributed by atoms with van der Waals surface area (Å²) in [6.45, 7) is 14.6. The topological polar surface area (TPSA) is 93.8 Å². The van der Waals surface area contributed by atoms with Crippen LogP contribution in [0.25, 0.3) is 0 Å². The SMILES string of the molecule is CN(S)CCNCC(NC(=O)NC(C(=O)N1CCCC1C=O)C(C)(C)C)C(C)(C)C. The molecule has 0 spiro atoms. The van der Waals surface area contributed by atoms with E-state index in [4.69, 9.17) is 0 Å². The van der Waals surface area contributed by atoms with E-state index in [0.717, 1.165) is 25.8 Å². The molecule has 174 valence electrons. The predicted octanol–water partition coefficient (Wildman–Crippen LogP) is 1.67. The van der Waals surface area contributed by atoms with Crippen LogP contribution in [0, 0.1) is 10.8 Å². The summed E-state index contributed by atoms with van der Waals surface area (Å²) in [4.78, 5) is 38.9. The maximum atomic E-state index is 13.2. The molecule has 9 heteroatoms. The first kappa shape index (κ1) is 26.7. The molecule has 0 aliphatic carbocycles. The second kappa shape index (κ2) is 11.3. The highest BCUT2D eigenvalue weighted by atomic mass is 32.1. The van der Waals surface area contributed by atoms with E-state index in [1.54, 1.807) is 9.21 Å². The van der Waals surface area contributed by atoms with Crippen molar-refractivity contribution in [3.8, 4) is 0 Å². The van der Waals surface area contributed by atoms with Gasteiger partial charge in [0.05, 0.1) is 6.04 Å². The number of nitrogens with one attached hydrogen (secondary N) is 3. The fourth-order valence-electron chi connectivity index (χ4n) is 3.41. The number of likely N-dealkylation sites (tertiary alicyclic amines) is 1. The summed E-state index contributed by atoms with van der Waals surface area (Å²) in [5.74, 6) is -0.200. The van der Waals surface area contributed by atoms with Crippen LogP contribution in [0.1, 0.15) is 54.4 Å². The highest BCUT2D eigenvalue weighted by Crippen LogP contribution is 2.25. The largest absolute Gasteiger partial charge is 0.334 e. The summed E-state index contributed by atoms with van der Waals surface area (Å²) in [6, 6.07) is -1.63. The highest BCUT2D eigenvalue weighted by molar-refractivity contribution is 7.77. The number of likely N-dealkylation sites (N-methyl/N-ethyl adjacent to an activating group) is 1. The molecule has 1 rings (SSSR count). The van der Waals surface area contributed by atoms with E-state index in [1.807, 2.05) is 27.8 Å². The van der Waals surface area contributed by atoms with E-state index >= 15 is 0 Å². The third-order valence-corrected chi connectivity index (χ3v) is 5.64. The maximum absolute atomic E-state index is 13.2. The molecular formula is C21H41N5O3S. The summed E-state index contributed by atoms with van der Waals surface area (Å²) in [5.41, 5.74) is -0.660. The third kappa shape index (κ3) is 8.43. The summed E-state index contributed by atoms with van der Waals surface area (Å²) in [7, 11) is 1.89. The molecule has 8 nitrogen and oxygen atoms in total. The van der Waals surface area contributed by atoms with Gasteiger partial charge in [-0.15, -0.1) is 0 Å². The molecule has 0 radical (unpaired) electrons. The van der Waals surface area contributed by atoms with Crippen LogP contribution < -0.4 is 16.0 Å². The molecule has 0 bridgehead atoms. The standard InChI is InChI=1S/C21H41N5O3S/c1-20(2,3)16(13-22-10-12-25(7)30)23-19(29)24-17(21(4,5)6)18(28)26-11-8-9-15(26)14-27/h14-17,22,30H,8-13H2,1-7H3,(H2,23,24,29). The van der Waals surface area contributed by atoms with Crippen molar-refractivity contribution in [2.45, 2.75) is 72.5 Å². The zero-order valence-corrected chi connectivity index (χ0v) is 20.5. The van der Waals surface area contributed by atoms with Gasteiger partial charge in [-0.05, 0) is 30.7 Å². The highest BCUT2D eigenvalue weighted by Gasteiger charge is 2.40. The van der Waals surface area contributed by atoms with Gasteiger partial charge in [0.25, 0.3) is 0 Å². The summed E-state index contributed by atoms with van der Waals surface area (Å²) in [6.07, 6.45) is 2.31. The van der Waals surface area contributed by atoms with Crippen LogP contribution in [-0.2, 0) is 9.59 Å². The molecule has 1 saturated heterocycles. The second-order valence-corrected chi connectivity index (χ2v) is 11.0. The molecule has 1 aliphatic heterocycles. The average Bonchev–Trinajstić information content (AvgIpc) is 3.08. The van der Waals surface area contributed by atoms with Crippen LogP contribution in [0.3, 0.4) is 0 Å². The maximum Gasteiger partial charge on any atom is 0.315 e. The number of amides is 3. The quantitative estimate of drug-likeness (QED) is 0.247. The smallest absolute Gasteiger partial charge is 0.315 e. The number of thiol groups is 1. The average molecular weight is 444 g/mol. The van der Waals surface area contributed by atoms with E-state index in [2.05, 4.69) is 49.5 Å². The minimum absolute atomic E-state index is 0.132. The number of aldehydes is 1. The Bertz CT molecular complexity index is 586. The van der Waals surface area contributed by atoms with Crippen LogP contribution >= 0.6 is 12.8 Å². The van der Waals surface area contributed by atoms with Gasteiger partial charge in [-0.2, -0.15) is 0 Å². The lowest BCUT2D eigenvalue weighted by molar-refractivity contribution is -0.138. The van der Waals surface area contributed by atoms with Crippen LogP contribution in [0.4, 0.5) is 4.79 Å². The number of carbonyl (C=O) groups excluding carboxylic acids is 3. The van der Waals surface area contributed by atoms with Crippen molar-refractivity contribution in [1.82, 2.24) is 25.2 Å². The van der Waals surface area contributed by atoms with Gasteiger partial charge in [-0.25, -0.2) is 4.79 Å². The summed E-state index contributed by atoms with van der Waals surface area (Å²) >= 11 is 4.22. The van der Waals surface area contributed by atoms with Gasteiger partial charge in [0.2, 0.25) is 5.91 Å². The number of rotatable bonds is 9. The zero-order valence-electron chi connectivity index (χ0n) is 19.6. The Morgan fingerprint density at radius 1 is 1.17 bits per heavy atom. The van der Waals surface area contributed by atoms with Crippen molar-refractivity contribution in [3.05, 3.63) is 0 Å². The minimum Gasteiger partial charge on any atom is -0.334 e. The van der Waals surface area contributed by atoms with Gasteiger partial charge in [-0.1, -0.05) is 54.4 Å². The predicted molar refractivity (Wildman–Crippen MR) is 123 cm³/mol. The molecule has 3 amide bonds. The Labute approximate surface area is 187 Å². The number of nitrogens with zero attached hydrogens (tertiary/aromatic N) is 2. The van der Waals surface area contributed by atoms with E-state index < -0.39 is 17.5 Å². The van der Waals surface area contributed by atoms with E-state index in [-0.39, 0.29) is 23.4 Å². The molecule has 30 heavy (non-hydrogen) atoms. The number of carbonyl (C=O) groups is 3. The van der Waals surface area contributed by atoms with Crippen molar-refractivity contribution in [1.29, 1.82) is 0 Å². The van der Waals surface area contributed by atoms with Crippen molar-refractivity contribution in [2.75, 3.05) is 33.2 Å². The molecule has 3 N–H and O–H groups in total. The number of urea groups is 1. The molecule has 3 atom stereocenters. The molecule has 3 unspecified atom stereocenters. The third-order valence-electron chi connectivity index (χ3n) is 5.44. The molecule has 0 saturated carbocycles. The summed E-state index contributed by atoms with van der Waals surface area (Å²) < 4.78 is 1.80. The Hall–Kier alpha value is -1.32. The fraction of sp³-hybridized carbons (Fsp3) is 0.857. The number of hydrogen-bond acceptors (Lipinski definition) is 6. The Morgan fingerprint density at radius 2 is 1.80 bits per heavy atom. The lowest BCUT2D eigenvalue weighted by Crippen LogP contribution is -2.60. The molecule has 0 aromatic rings. The molecule has 0 aromatic carbocycles. The molecule has 1 fully saturated rings. The Balaban J connectivity index is 2.81. The first-order valence-electron chi connectivity index (χ1n) is 10.7. The fourth-order valence-corrected chi connectivity index (χ4v) is 3.51. The van der Waals surface area contributed by atoms with Gasteiger partial charge < -0.3 is 25.6 Å². The molecular weight excluding hydrogens is 402 g/mol. The molecule has 0 aromatic heterocycles. The van der Waals surface area contributed by atoms with Gasteiger partial charge in [0.15, 0.2) is 0 Å². The lowest BCUT2D eigenvalue weighted by Gasteiger charge is -2.36. The number of hydrogen-bond donors (Lipinski definition) is 4. The molecule has 1 heterocycles. The zero-order chi connectivity index (χ0) is 23.1. The summed E-state index contributed by atoms with van der Waals surface area (Å²) in [5, 5.41) is 9.26. The molecule has 1 aliphatic rings. The van der Waals surface area contributed by atoms with E-state index in [9.17, 15) is 14.4 Å². The van der Waals surface area contributed by atoms with E-state index in [0.29, 0.717) is 19.5 Å². The minimum atomic E-state index is -0.718. The van der Waals surface area contributed by atoms with Gasteiger partial charge in [0.1, 0.15) is 12.3 Å². The Morgan fingerprint density at radius 3 is 2.30 bits per heavy atom. The van der Waals surface area contributed by atoms with Crippen molar-refractivity contribution in [3.63, 3.8) is 0 Å². The Kier molecular flexibility index (Phi) is 10.1. The van der Waals surface area contributed by atoms with Crippen LogP contribution in [-0.4, -0.2) is 78.8 Å². The second-order valence-electron chi connectivity index (χ2n) is 10.3. The van der Waals surface area contributed by atoms with E-state index in [1.165, 1.54) is 0 Å². The monoisotopic (exact) mass is 443 g/mol.